The van der Waals surface area contributed by atoms with Gasteiger partial charge in [-0.2, -0.15) is 0 Å². The van der Waals surface area contributed by atoms with Crippen LogP contribution in [0.3, 0.4) is 0 Å². The molecule has 0 aliphatic carbocycles. The number of rotatable bonds is 2. The first kappa shape index (κ1) is 11.7. The Kier molecular flexibility index (Phi) is 3.28. The Labute approximate surface area is 115 Å². The Morgan fingerprint density at radius 3 is 2.72 bits per heavy atom. The molecule has 3 rings (SSSR count). The van der Waals surface area contributed by atoms with Crippen LogP contribution in [0.1, 0.15) is 24.4 Å². The molecule has 1 saturated heterocycles. The molecule has 1 aliphatic heterocycles. The van der Waals surface area contributed by atoms with Crippen LogP contribution < -0.4 is 4.90 Å². The third-order valence-corrected chi connectivity index (χ3v) is 3.82. The maximum absolute atomic E-state index is 4.50. The highest BCUT2D eigenvalue weighted by Gasteiger charge is 2.26. The van der Waals surface area contributed by atoms with Crippen molar-refractivity contribution in [3.05, 3.63) is 52.9 Å². The van der Waals surface area contributed by atoms with E-state index < -0.39 is 0 Å². The lowest BCUT2D eigenvalue weighted by molar-refractivity contribution is 0.710. The van der Waals surface area contributed by atoms with Crippen LogP contribution in [-0.2, 0) is 0 Å². The summed E-state index contributed by atoms with van der Waals surface area (Å²) in [5, 5.41) is 0. The smallest absolute Gasteiger partial charge is 0.129 e. The molecular weight excluding hydrogens is 290 g/mol. The minimum absolute atomic E-state index is 0.432. The number of pyridine rings is 2. The molecule has 92 valence electrons. The van der Waals surface area contributed by atoms with Gasteiger partial charge < -0.3 is 4.90 Å². The second-order valence-corrected chi connectivity index (χ2v) is 5.38. The van der Waals surface area contributed by atoms with Gasteiger partial charge in [-0.3, -0.25) is 4.98 Å². The van der Waals surface area contributed by atoms with Crippen LogP contribution in [0.5, 0.6) is 0 Å². The highest BCUT2D eigenvalue weighted by atomic mass is 79.9. The normalized spacial score (nSPS) is 19.2. The molecule has 0 N–H and O–H groups in total. The van der Waals surface area contributed by atoms with Gasteiger partial charge in [0.05, 0.1) is 6.04 Å². The number of halogens is 1. The van der Waals surface area contributed by atoms with E-state index in [2.05, 4.69) is 49.0 Å². The lowest BCUT2D eigenvalue weighted by atomic mass is 10.1. The lowest BCUT2D eigenvalue weighted by Gasteiger charge is -2.26. The predicted molar refractivity (Wildman–Crippen MR) is 75.5 cm³/mol. The molecule has 4 heteroatoms. The average molecular weight is 304 g/mol. The fourth-order valence-corrected chi connectivity index (χ4v) is 2.75. The van der Waals surface area contributed by atoms with E-state index in [1.807, 2.05) is 24.7 Å². The minimum atomic E-state index is 0.432. The average Bonchev–Trinajstić information content (AvgIpc) is 2.90. The summed E-state index contributed by atoms with van der Waals surface area (Å²) in [6.45, 7) is 1.07. The first-order valence-corrected chi connectivity index (χ1v) is 6.92. The molecule has 1 unspecified atom stereocenters. The zero-order valence-electron chi connectivity index (χ0n) is 9.96. The molecule has 1 aliphatic rings. The van der Waals surface area contributed by atoms with Crippen molar-refractivity contribution in [2.24, 2.45) is 0 Å². The summed E-state index contributed by atoms with van der Waals surface area (Å²) in [6, 6.07) is 8.75. The van der Waals surface area contributed by atoms with Crippen molar-refractivity contribution in [1.82, 2.24) is 9.97 Å². The van der Waals surface area contributed by atoms with Crippen molar-refractivity contribution in [3.63, 3.8) is 0 Å². The summed E-state index contributed by atoms with van der Waals surface area (Å²) in [5.41, 5.74) is 1.33. The van der Waals surface area contributed by atoms with Crippen molar-refractivity contribution in [1.29, 1.82) is 0 Å². The van der Waals surface area contributed by atoms with Crippen LogP contribution in [-0.4, -0.2) is 16.5 Å². The van der Waals surface area contributed by atoms with E-state index in [0.717, 1.165) is 16.8 Å². The Balaban J connectivity index is 1.90. The summed E-state index contributed by atoms with van der Waals surface area (Å²) >= 11 is 3.42. The lowest BCUT2D eigenvalue weighted by Crippen LogP contribution is -2.23. The number of nitrogens with zero attached hydrogens (tertiary/aromatic N) is 3. The SMILES string of the molecule is Brc1ccc(N2CCCC2c2ccncc2)nc1. The van der Waals surface area contributed by atoms with Gasteiger partial charge in [-0.05, 0) is 58.6 Å². The third kappa shape index (κ3) is 2.25. The number of hydrogen-bond donors (Lipinski definition) is 0. The molecule has 3 heterocycles. The van der Waals surface area contributed by atoms with Gasteiger partial charge in [-0.1, -0.05) is 0 Å². The number of anilines is 1. The maximum Gasteiger partial charge on any atom is 0.129 e. The molecule has 3 nitrogen and oxygen atoms in total. The molecular formula is C14H14BrN3. The largest absolute Gasteiger partial charge is 0.350 e. The van der Waals surface area contributed by atoms with Gasteiger partial charge in [0.1, 0.15) is 5.82 Å². The van der Waals surface area contributed by atoms with Crippen molar-refractivity contribution < 1.29 is 0 Å². The fourth-order valence-electron chi connectivity index (χ4n) is 2.51. The van der Waals surface area contributed by atoms with Gasteiger partial charge in [0, 0.05) is 29.6 Å². The highest BCUT2D eigenvalue weighted by molar-refractivity contribution is 9.10. The van der Waals surface area contributed by atoms with Crippen LogP contribution in [0.15, 0.2) is 47.3 Å². The van der Waals surface area contributed by atoms with Gasteiger partial charge in [0.25, 0.3) is 0 Å². The topological polar surface area (TPSA) is 29.0 Å². The molecule has 0 spiro atoms. The number of hydrogen-bond acceptors (Lipinski definition) is 3. The standard InChI is InChI=1S/C14H14BrN3/c15-12-3-4-14(17-10-12)18-9-1-2-13(18)11-5-7-16-8-6-11/h3-8,10,13H,1-2,9H2. The monoisotopic (exact) mass is 303 g/mol. The zero-order chi connectivity index (χ0) is 12.4. The van der Waals surface area contributed by atoms with E-state index in [-0.39, 0.29) is 0 Å². The number of aromatic nitrogens is 2. The minimum Gasteiger partial charge on any atom is -0.350 e. The molecule has 2 aromatic heterocycles. The second kappa shape index (κ2) is 5.06. The van der Waals surface area contributed by atoms with E-state index in [9.17, 15) is 0 Å². The van der Waals surface area contributed by atoms with Gasteiger partial charge in [0.15, 0.2) is 0 Å². The van der Waals surface area contributed by atoms with E-state index in [0.29, 0.717) is 6.04 Å². The second-order valence-electron chi connectivity index (χ2n) is 4.47. The van der Waals surface area contributed by atoms with E-state index >= 15 is 0 Å². The summed E-state index contributed by atoms with van der Waals surface area (Å²) in [6.07, 6.45) is 7.98. The van der Waals surface area contributed by atoms with Crippen LogP contribution in [0.25, 0.3) is 0 Å². The fraction of sp³-hybridized carbons (Fsp3) is 0.286. The summed E-state index contributed by atoms with van der Waals surface area (Å²) in [4.78, 5) is 11.0. The zero-order valence-corrected chi connectivity index (χ0v) is 11.5. The molecule has 0 amide bonds. The van der Waals surface area contributed by atoms with Crippen molar-refractivity contribution in [2.75, 3.05) is 11.4 Å². The van der Waals surface area contributed by atoms with E-state index in [1.165, 1.54) is 18.4 Å². The van der Waals surface area contributed by atoms with Crippen LogP contribution in [0.4, 0.5) is 5.82 Å². The van der Waals surface area contributed by atoms with Crippen molar-refractivity contribution in [3.8, 4) is 0 Å². The maximum atomic E-state index is 4.50. The predicted octanol–water partition coefficient (Wildman–Crippen LogP) is 3.58. The molecule has 0 aromatic carbocycles. The van der Waals surface area contributed by atoms with Gasteiger partial charge in [-0.25, -0.2) is 4.98 Å². The highest BCUT2D eigenvalue weighted by Crippen LogP contribution is 2.34. The molecule has 2 aromatic rings. The Hall–Kier alpha value is -1.42. The first-order chi connectivity index (χ1) is 8.84. The van der Waals surface area contributed by atoms with Crippen molar-refractivity contribution >= 4 is 21.7 Å². The first-order valence-electron chi connectivity index (χ1n) is 6.13. The van der Waals surface area contributed by atoms with Gasteiger partial charge in [-0.15, -0.1) is 0 Å². The Bertz CT molecular complexity index is 512. The Morgan fingerprint density at radius 2 is 2.00 bits per heavy atom. The van der Waals surface area contributed by atoms with E-state index in [4.69, 9.17) is 0 Å². The summed E-state index contributed by atoms with van der Waals surface area (Å²) in [5.74, 6) is 1.05. The summed E-state index contributed by atoms with van der Waals surface area (Å²) < 4.78 is 1.02. The Morgan fingerprint density at radius 1 is 1.17 bits per heavy atom. The third-order valence-electron chi connectivity index (χ3n) is 3.35. The molecule has 0 bridgehead atoms. The summed E-state index contributed by atoms with van der Waals surface area (Å²) in [7, 11) is 0. The van der Waals surface area contributed by atoms with Crippen LogP contribution in [0, 0.1) is 0 Å². The van der Waals surface area contributed by atoms with E-state index in [1.54, 1.807) is 0 Å². The van der Waals surface area contributed by atoms with Crippen molar-refractivity contribution in [2.45, 2.75) is 18.9 Å². The van der Waals surface area contributed by atoms with Gasteiger partial charge >= 0.3 is 0 Å². The van der Waals surface area contributed by atoms with Crippen LogP contribution in [0.2, 0.25) is 0 Å². The molecule has 1 atom stereocenters. The molecule has 1 fully saturated rings. The van der Waals surface area contributed by atoms with Gasteiger partial charge in [0.2, 0.25) is 0 Å². The molecule has 18 heavy (non-hydrogen) atoms. The molecule has 0 saturated carbocycles. The van der Waals surface area contributed by atoms with Crippen LogP contribution >= 0.6 is 15.9 Å². The quantitative estimate of drug-likeness (QED) is 0.849. The molecule has 0 radical (unpaired) electrons.